The number of benzene rings is 3. The number of ether oxygens (including phenoxy) is 1. The van der Waals surface area contributed by atoms with Crippen LogP contribution in [0.2, 0.25) is 0 Å². The predicted molar refractivity (Wildman–Crippen MR) is 122 cm³/mol. The maximum atomic E-state index is 10.3. The molecule has 158 valence electrons. The molecule has 0 heterocycles. The van der Waals surface area contributed by atoms with Crippen molar-refractivity contribution in [2.24, 2.45) is 0 Å². The van der Waals surface area contributed by atoms with Crippen LogP contribution in [0.15, 0.2) is 78.9 Å². The number of likely N-dealkylation sites (N-methyl/N-ethyl adjacent to an activating group) is 1. The molecule has 0 bridgehead atoms. The van der Waals surface area contributed by atoms with Gasteiger partial charge in [0.2, 0.25) is 0 Å². The lowest BCUT2D eigenvalue weighted by Crippen LogP contribution is -2.32. The molecule has 3 aromatic carbocycles. The van der Waals surface area contributed by atoms with Gasteiger partial charge in [0.15, 0.2) is 0 Å². The van der Waals surface area contributed by atoms with Crippen LogP contribution in [0, 0.1) is 6.92 Å². The second-order valence-electron chi connectivity index (χ2n) is 7.82. The van der Waals surface area contributed by atoms with E-state index in [0.29, 0.717) is 6.54 Å². The fourth-order valence-corrected chi connectivity index (χ4v) is 3.42. The number of aryl methyl sites for hydroxylation is 1. The van der Waals surface area contributed by atoms with Gasteiger partial charge < -0.3 is 15.2 Å². The summed E-state index contributed by atoms with van der Waals surface area (Å²) in [7, 11) is 2.01. The molecule has 2 N–H and O–H groups in total. The van der Waals surface area contributed by atoms with Gasteiger partial charge in [-0.1, -0.05) is 66.7 Å². The van der Waals surface area contributed by atoms with E-state index in [1.54, 1.807) is 0 Å². The number of nitrogens with one attached hydrogen (secondary N) is 1. The van der Waals surface area contributed by atoms with Crippen LogP contribution in [0.3, 0.4) is 0 Å². The Hall–Kier alpha value is -2.66. The fourth-order valence-electron chi connectivity index (χ4n) is 3.42. The smallest absolute Gasteiger partial charge is 0.119 e. The van der Waals surface area contributed by atoms with E-state index in [2.05, 4.69) is 65.7 Å². The molecule has 30 heavy (non-hydrogen) atoms. The van der Waals surface area contributed by atoms with Gasteiger partial charge in [-0.05, 0) is 48.4 Å². The van der Waals surface area contributed by atoms with Crippen LogP contribution < -0.4 is 10.1 Å². The first kappa shape index (κ1) is 22.0. The van der Waals surface area contributed by atoms with Crippen LogP contribution in [-0.4, -0.2) is 36.3 Å². The van der Waals surface area contributed by atoms with Gasteiger partial charge in [-0.2, -0.15) is 0 Å². The normalized spacial score (nSPS) is 12.1. The van der Waals surface area contributed by atoms with Crippen molar-refractivity contribution in [1.82, 2.24) is 10.2 Å². The van der Waals surface area contributed by atoms with Gasteiger partial charge in [0.1, 0.15) is 18.5 Å². The Kier molecular flexibility index (Phi) is 8.45. The summed E-state index contributed by atoms with van der Waals surface area (Å²) in [6.45, 7) is 5.45. The molecule has 0 saturated carbocycles. The standard InChI is InChI=1S/C26H32N2O2/c1-21-8-6-7-11-24(21)17-27-16-22-12-14-26(15-13-22)30-20-25(29)19-28(2)18-23-9-4-3-5-10-23/h3-15,25,27,29H,16-20H2,1-2H3/t25-/m1/s1. The van der Waals surface area contributed by atoms with E-state index in [1.165, 1.54) is 22.3 Å². The highest BCUT2D eigenvalue weighted by Gasteiger charge is 2.10. The third kappa shape index (κ3) is 7.30. The molecule has 0 aliphatic rings. The lowest BCUT2D eigenvalue weighted by molar-refractivity contribution is 0.0744. The summed E-state index contributed by atoms with van der Waals surface area (Å²) in [5.74, 6) is 0.780. The van der Waals surface area contributed by atoms with E-state index < -0.39 is 6.10 Å². The van der Waals surface area contributed by atoms with Gasteiger partial charge in [0, 0.05) is 26.2 Å². The fraction of sp³-hybridized carbons (Fsp3) is 0.308. The summed E-state index contributed by atoms with van der Waals surface area (Å²) >= 11 is 0. The Morgan fingerprint density at radius 3 is 2.30 bits per heavy atom. The van der Waals surface area contributed by atoms with Crippen molar-refractivity contribution < 1.29 is 9.84 Å². The van der Waals surface area contributed by atoms with Gasteiger partial charge in [-0.3, -0.25) is 4.90 Å². The summed E-state index contributed by atoms with van der Waals surface area (Å²) in [5, 5.41) is 13.8. The first-order valence-corrected chi connectivity index (χ1v) is 10.5. The van der Waals surface area contributed by atoms with E-state index in [0.717, 1.165) is 25.4 Å². The molecule has 1 atom stereocenters. The molecule has 0 spiro atoms. The zero-order chi connectivity index (χ0) is 21.2. The average Bonchev–Trinajstić information content (AvgIpc) is 2.75. The molecule has 4 heteroatoms. The Balaban J connectivity index is 1.37. The van der Waals surface area contributed by atoms with Crippen molar-refractivity contribution in [1.29, 1.82) is 0 Å². The molecule has 3 aromatic rings. The Bertz CT molecular complexity index is 881. The molecule has 0 aliphatic carbocycles. The van der Waals surface area contributed by atoms with Gasteiger partial charge in [0.05, 0.1) is 0 Å². The second-order valence-corrected chi connectivity index (χ2v) is 7.82. The molecule has 4 nitrogen and oxygen atoms in total. The third-order valence-electron chi connectivity index (χ3n) is 5.09. The number of rotatable bonds is 11. The molecule has 0 aromatic heterocycles. The van der Waals surface area contributed by atoms with Crippen LogP contribution in [-0.2, 0) is 19.6 Å². The lowest BCUT2D eigenvalue weighted by atomic mass is 10.1. The highest BCUT2D eigenvalue weighted by molar-refractivity contribution is 5.28. The molecule has 0 radical (unpaired) electrons. The maximum Gasteiger partial charge on any atom is 0.119 e. The van der Waals surface area contributed by atoms with Crippen LogP contribution in [0.4, 0.5) is 0 Å². The molecule has 0 unspecified atom stereocenters. The first-order valence-electron chi connectivity index (χ1n) is 10.5. The van der Waals surface area contributed by atoms with Crippen molar-refractivity contribution in [3.05, 3.63) is 101 Å². The monoisotopic (exact) mass is 404 g/mol. The maximum absolute atomic E-state index is 10.3. The van der Waals surface area contributed by atoms with Crippen LogP contribution in [0.1, 0.15) is 22.3 Å². The molecule has 0 fully saturated rings. The van der Waals surface area contributed by atoms with Gasteiger partial charge in [-0.25, -0.2) is 0 Å². The summed E-state index contributed by atoms with van der Waals surface area (Å²) in [6.07, 6.45) is -0.533. The molecule has 3 rings (SSSR count). The minimum Gasteiger partial charge on any atom is -0.491 e. The van der Waals surface area contributed by atoms with E-state index in [-0.39, 0.29) is 6.61 Å². The van der Waals surface area contributed by atoms with Crippen LogP contribution >= 0.6 is 0 Å². The van der Waals surface area contributed by atoms with Gasteiger partial charge in [-0.15, -0.1) is 0 Å². The van der Waals surface area contributed by atoms with Crippen LogP contribution in [0.25, 0.3) is 0 Å². The van der Waals surface area contributed by atoms with Crippen molar-refractivity contribution in [2.45, 2.75) is 32.7 Å². The van der Waals surface area contributed by atoms with Crippen LogP contribution in [0.5, 0.6) is 5.75 Å². The highest BCUT2D eigenvalue weighted by atomic mass is 16.5. The van der Waals surface area contributed by atoms with Crippen molar-refractivity contribution in [3.63, 3.8) is 0 Å². The Labute approximate surface area is 180 Å². The number of aliphatic hydroxyl groups excluding tert-OH is 1. The number of aliphatic hydroxyl groups is 1. The summed E-state index contributed by atoms with van der Waals surface area (Å²) < 4.78 is 5.77. The SMILES string of the molecule is Cc1ccccc1CNCc1ccc(OC[C@H](O)CN(C)Cc2ccccc2)cc1. The van der Waals surface area contributed by atoms with Crippen molar-refractivity contribution >= 4 is 0 Å². The minimum absolute atomic E-state index is 0.282. The van der Waals surface area contributed by atoms with E-state index in [4.69, 9.17) is 4.74 Å². The third-order valence-corrected chi connectivity index (χ3v) is 5.09. The van der Waals surface area contributed by atoms with E-state index >= 15 is 0 Å². The summed E-state index contributed by atoms with van der Waals surface area (Å²) in [4.78, 5) is 2.10. The first-order chi connectivity index (χ1) is 14.6. The average molecular weight is 405 g/mol. The number of hydrogen-bond donors (Lipinski definition) is 2. The molecular weight excluding hydrogens is 372 g/mol. The van der Waals surface area contributed by atoms with E-state index in [1.807, 2.05) is 37.4 Å². The highest BCUT2D eigenvalue weighted by Crippen LogP contribution is 2.13. The number of hydrogen-bond acceptors (Lipinski definition) is 4. The summed E-state index contributed by atoms with van der Waals surface area (Å²) in [6, 6.07) is 26.7. The van der Waals surface area contributed by atoms with Crippen molar-refractivity contribution in [2.75, 3.05) is 20.2 Å². The summed E-state index contributed by atoms with van der Waals surface area (Å²) in [5.41, 5.74) is 5.07. The van der Waals surface area contributed by atoms with E-state index in [9.17, 15) is 5.11 Å². The molecule has 0 saturated heterocycles. The van der Waals surface area contributed by atoms with Crippen molar-refractivity contribution in [3.8, 4) is 5.75 Å². The predicted octanol–water partition coefficient (Wildman–Crippen LogP) is 4.16. The zero-order valence-corrected chi connectivity index (χ0v) is 17.9. The lowest BCUT2D eigenvalue weighted by Gasteiger charge is -2.21. The van der Waals surface area contributed by atoms with Gasteiger partial charge in [0.25, 0.3) is 0 Å². The molecular formula is C26H32N2O2. The molecule has 0 amide bonds. The zero-order valence-electron chi connectivity index (χ0n) is 17.9. The second kappa shape index (κ2) is 11.5. The minimum atomic E-state index is -0.533. The Morgan fingerprint density at radius 1 is 0.867 bits per heavy atom. The number of nitrogens with zero attached hydrogens (tertiary/aromatic N) is 1. The molecule has 0 aliphatic heterocycles. The largest absolute Gasteiger partial charge is 0.491 e. The topological polar surface area (TPSA) is 44.7 Å². The van der Waals surface area contributed by atoms with Gasteiger partial charge >= 0.3 is 0 Å². The Morgan fingerprint density at radius 2 is 1.57 bits per heavy atom. The quantitative estimate of drug-likeness (QED) is 0.504.